The van der Waals surface area contributed by atoms with Crippen molar-refractivity contribution < 1.29 is 4.79 Å². The second-order valence-corrected chi connectivity index (χ2v) is 5.42. The van der Waals surface area contributed by atoms with E-state index in [0.29, 0.717) is 0 Å². The summed E-state index contributed by atoms with van der Waals surface area (Å²) in [6.45, 7) is 3.62. The summed E-state index contributed by atoms with van der Waals surface area (Å²) in [5.41, 5.74) is 4.72. The highest BCUT2D eigenvalue weighted by Crippen LogP contribution is 2.42. The number of para-hydroxylation sites is 3. The SMILES string of the molecule is CC(=O)N1c2ccccc2-c2ncc(C)n2-c2ccccc21. The molecule has 4 heteroatoms. The van der Waals surface area contributed by atoms with Crippen LogP contribution in [0.15, 0.2) is 54.7 Å². The molecule has 0 aliphatic carbocycles. The number of carbonyl (C=O) groups excluding carboxylic acids is 1. The largest absolute Gasteiger partial charge is 0.295 e. The lowest BCUT2D eigenvalue weighted by Gasteiger charge is -2.23. The van der Waals surface area contributed by atoms with Crippen molar-refractivity contribution in [1.29, 1.82) is 0 Å². The second kappa shape index (κ2) is 4.56. The van der Waals surface area contributed by atoms with Crippen molar-refractivity contribution in [2.45, 2.75) is 13.8 Å². The number of benzene rings is 2. The third-order valence-corrected chi connectivity index (χ3v) is 4.00. The van der Waals surface area contributed by atoms with Gasteiger partial charge in [0.2, 0.25) is 5.91 Å². The smallest absolute Gasteiger partial charge is 0.228 e. The first kappa shape index (κ1) is 12.8. The predicted molar refractivity (Wildman–Crippen MR) is 86.6 cm³/mol. The maximum Gasteiger partial charge on any atom is 0.228 e. The minimum absolute atomic E-state index is 0.0108. The van der Waals surface area contributed by atoms with Gasteiger partial charge in [0, 0.05) is 24.4 Å². The van der Waals surface area contributed by atoms with Crippen LogP contribution in [0.4, 0.5) is 11.4 Å². The molecule has 2 aromatic carbocycles. The Labute approximate surface area is 128 Å². The molecule has 0 fully saturated rings. The highest BCUT2D eigenvalue weighted by molar-refractivity contribution is 6.05. The van der Waals surface area contributed by atoms with Gasteiger partial charge in [-0.15, -0.1) is 0 Å². The van der Waals surface area contributed by atoms with Crippen LogP contribution in [0.1, 0.15) is 12.6 Å². The molecule has 4 nitrogen and oxygen atoms in total. The van der Waals surface area contributed by atoms with Crippen LogP contribution in [0, 0.1) is 6.92 Å². The monoisotopic (exact) mass is 289 g/mol. The van der Waals surface area contributed by atoms with E-state index in [0.717, 1.165) is 34.1 Å². The zero-order valence-corrected chi connectivity index (χ0v) is 12.4. The van der Waals surface area contributed by atoms with Crippen molar-refractivity contribution in [1.82, 2.24) is 9.55 Å². The normalized spacial score (nSPS) is 12.2. The van der Waals surface area contributed by atoms with Crippen LogP contribution in [-0.2, 0) is 4.79 Å². The molecular weight excluding hydrogens is 274 g/mol. The Morgan fingerprint density at radius 1 is 0.955 bits per heavy atom. The minimum Gasteiger partial charge on any atom is -0.295 e. The Balaban J connectivity index is 2.18. The molecule has 1 amide bonds. The Morgan fingerprint density at radius 3 is 2.32 bits per heavy atom. The Bertz CT molecular complexity index is 895. The fraction of sp³-hybridized carbons (Fsp3) is 0.111. The summed E-state index contributed by atoms with van der Waals surface area (Å²) in [5, 5.41) is 0. The maximum atomic E-state index is 12.3. The van der Waals surface area contributed by atoms with E-state index < -0.39 is 0 Å². The van der Waals surface area contributed by atoms with Crippen LogP contribution >= 0.6 is 0 Å². The van der Waals surface area contributed by atoms with E-state index in [9.17, 15) is 4.79 Å². The predicted octanol–water partition coefficient (Wildman–Crippen LogP) is 3.85. The van der Waals surface area contributed by atoms with E-state index in [1.165, 1.54) is 0 Å². The number of aryl methyl sites for hydroxylation is 1. The summed E-state index contributed by atoms with van der Waals surface area (Å²) in [4.78, 5) is 18.7. The zero-order chi connectivity index (χ0) is 15.3. The van der Waals surface area contributed by atoms with Gasteiger partial charge in [-0.25, -0.2) is 4.98 Å². The first-order chi connectivity index (χ1) is 10.7. The van der Waals surface area contributed by atoms with Crippen molar-refractivity contribution in [2.75, 3.05) is 4.90 Å². The number of amides is 1. The second-order valence-electron chi connectivity index (χ2n) is 5.42. The van der Waals surface area contributed by atoms with Gasteiger partial charge in [0.25, 0.3) is 0 Å². The quantitative estimate of drug-likeness (QED) is 0.630. The lowest BCUT2D eigenvalue weighted by Crippen LogP contribution is -2.23. The standard InChI is InChI=1S/C18H15N3O/c1-12-11-19-18-14-7-3-4-8-15(14)21(13(2)22)17-10-6-5-9-16(17)20(12)18/h3-11H,1-2H3. The summed E-state index contributed by atoms with van der Waals surface area (Å²) in [6, 6.07) is 15.8. The fourth-order valence-corrected chi connectivity index (χ4v) is 3.10. The first-order valence-corrected chi connectivity index (χ1v) is 7.22. The molecule has 108 valence electrons. The number of anilines is 2. The number of carbonyl (C=O) groups is 1. The molecule has 0 bridgehead atoms. The van der Waals surface area contributed by atoms with Gasteiger partial charge in [-0.2, -0.15) is 0 Å². The minimum atomic E-state index is -0.0108. The molecule has 1 aliphatic heterocycles. The van der Waals surface area contributed by atoms with Gasteiger partial charge in [-0.1, -0.05) is 24.3 Å². The number of hydrogen-bond donors (Lipinski definition) is 0. The topological polar surface area (TPSA) is 38.1 Å². The summed E-state index contributed by atoms with van der Waals surface area (Å²) in [7, 11) is 0. The molecule has 0 unspecified atom stereocenters. The molecule has 1 aliphatic rings. The van der Waals surface area contributed by atoms with E-state index in [-0.39, 0.29) is 5.91 Å². The molecule has 1 aromatic heterocycles. The molecule has 22 heavy (non-hydrogen) atoms. The first-order valence-electron chi connectivity index (χ1n) is 7.22. The van der Waals surface area contributed by atoms with Crippen molar-refractivity contribution in [2.24, 2.45) is 0 Å². The average molecular weight is 289 g/mol. The molecule has 3 aromatic rings. The summed E-state index contributed by atoms with van der Waals surface area (Å²) < 4.78 is 2.11. The molecule has 0 spiro atoms. The van der Waals surface area contributed by atoms with Crippen LogP contribution in [0.2, 0.25) is 0 Å². The Morgan fingerprint density at radius 2 is 1.59 bits per heavy atom. The highest BCUT2D eigenvalue weighted by Gasteiger charge is 2.28. The van der Waals surface area contributed by atoms with E-state index in [2.05, 4.69) is 9.55 Å². The number of fused-ring (bicyclic) bond motifs is 5. The molecule has 2 heterocycles. The van der Waals surface area contributed by atoms with Gasteiger partial charge in [0.1, 0.15) is 5.82 Å². The molecular formula is C18H15N3O. The van der Waals surface area contributed by atoms with Crippen molar-refractivity contribution in [3.63, 3.8) is 0 Å². The van der Waals surface area contributed by atoms with Gasteiger partial charge >= 0.3 is 0 Å². The van der Waals surface area contributed by atoms with Crippen LogP contribution < -0.4 is 4.90 Å². The van der Waals surface area contributed by atoms with E-state index in [1.54, 1.807) is 11.8 Å². The third kappa shape index (κ3) is 1.64. The lowest BCUT2D eigenvalue weighted by molar-refractivity contribution is -0.115. The van der Waals surface area contributed by atoms with Crippen LogP contribution in [0.25, 0.3) is 17.1 Å². The van der Waals surface area contributed by atoms with Crippen molar-refractivity contribution >= 4 is 17.3 Å². The third-order valence-electron chi connectivity index (χ3n) is 4.00. The molecule has 0 saturated carbocycles. The molecule has 0 N–H and O–H groups in total. The summed E-state index contributed by atoms with van der Waals surface area (Å²) in [5.74, 6) is 0.854. The molecule has 0 atom stereocenters. The van der Waals surface area contributed by atoms with E-state index in [4.69, 9.17) is 0 Å². The maximum absolute atomic E-state index is 12.3. The molecule has 0 saturated heterocycles. The average Bonchev–Trinajstić information content (AvgIpc) is 2.84. The van der Waals surface area contributed by atoms with Crippen LogP contribution in [-0.4, -0.2) is 15.5 Å². The van der Waals surface area contributed by atoms with Crippen molar-refractivity contribution in [3.05, 3.63) is 60.4 Å². The van der Waals surface area contributed by atoms with Crippen LogP contribution in [0.5, 0.6) is 0 Å². The number of rotatable bonds is 0. The highest BCUT2D eigenvalue weighted by atomic mass is 16.2. The van der Waals surface area contributed by atoms with Crippen LogP contribution in [0.3, 0.4) is 0 Å². The van der Waals surface area contributed by atoms with Gasteiger partial charge < -0.3 is 0 Å². The molecule has 0 radical (unpaired) electrons. The van der Waals surface area contributed by atoms with E-state index >= 15 is 0 Å². The van der Waals surface area contributed by atoms with Gasteiger partial charge in [-0.3, -0.25) is 14.3 Å². The lowest BCUT2D eigenvalue weighted by atomic mass is 10.1. The number of aromatic nitrogens is 2. The summed E-state index contributed by atoms with van der Waals surface area (Å²) in [6.07, 6.45) is 1.87. The Kier molecular flexibility index (Phi) is 2.66. The van der Waals surface area contributed by atoms with Gasteiger partial charge in [0.15, 0.2) is 0 Å². The van der Waals surface area contributed by atoms with Crippen molar-refractivity contribution in [3.8, 4) is 17.1 Å². The number of imidazole rings is 1. The van der Waals surface area contributed by atoms with E-state index in [1.807, 2.05) is 61.7 Å². The zero-order valence-electron chi connectivity index (χ0n) is 12.4. The Hall–Kier alpha value is -2.88. The fourth-order valence-electron chi connectivity index (χ4n) is 3.10. The summed E-state index contributed by atoms with van der Waals surface area (Å²) >= 11 is 0. The number of nitrogens with zero attached hydrogens (tertiary/aromatic N) is 3. The molecule has 4 rings (SSSR count). The van der Waals surface area contributed by atoms with Gasteiger partial charge in [0.05, 0.1) is 17.1 Å². The van der Waals surface area contributed by atoms with Gasteiger partial charge in [-0.05, 0) is 31.2 Å². The number of hydrogen-bond acceptors (Lipinski definition) is 2.